The topological polar surface area (TPSA) is 64.6 Å². The number of hydrogen-bond acceptors (Lipinski definition) is 4. The Kier molecular flexibility index (Phi) is 6.58. The van der Waals surface area contributed by atoms with E-state index in [4.69, 9.17) is 4.74 Å². The number of para-hydroxylation sites is 1. The highest BCUT2D eigenvalue weighted by molar-refractivity contribution is 5.93. The standard InChI is InChI=1S/C14H17F2NO4/c1-9(2)7-17-12(18)8-20-13(19)10-5-3-4-6-11(10)21-14(15)16/h3-6,9,14H,7-8H2,1-2H3,(H,17,18). The number of benzene rings is 1. The fraction of sp³-hybridized carbons (Fsp3) is 0.429. The summed E-state index contributed by atoms with van der Waals surface area (Å²) in [5, 5.41) is 2.57. The van der Waals surface area contributed by atoms with Crippen LogP contribution in [-0.2, 0) is 9.53 Å². The van der Waals surface area contributed by atoms with E-state index in [0.717, 1.165) is 0 Å². The number of hydrogen-bond donors (Lipinski definition) is 1. The summed E-state index contributed by atoms with van der Waals surface area (Å²) in [7, 11) is 0. The highest BCUT2D eigenvalue weighted by atomic mass is 19.3. The van der Waals surface area contributed by atoms with Gasteiger partial charge < -0.3 is 14.8 Å². The maximum atomic E-state index is 12.2. The average Bonchev–Trinajstić information content (AvgIpc) is 2.42. The van der Waals surface area contributed by atoms with E-state index in [-0.39, 0.29) is 17.2 Å². The molecule has 5 nitrogen and oxygen atoms in total. The normalized spacial score (nSPS) is 10.6. The second-order valence-corrected chi connectivity index (χ2v) is 4.65. The van der Waals surface area contributed by atoms with Crippen LogP contribution in [0.1, 0.15) is 24.2 Å². The van der Waals surface area contributed by atoms with E-state index in [0.29, 0.717) is 6.54 Å². The maximum Gasteiger partial charge on any atom is 0.387 e. The van der Waals surface area contributed by atoms with Crippen molar-refractivity contribution in [2.75, 3.05) is 13.2 Å². The third-order valence-corrected chi connectivity index (χ3v) is 2.36. The maximum absolute atomic E-state index is 12.2. The predicted octanol–water partition coefficient (Wildman–Crippen LogP) is 2.22. The summed E-state index contributed by atoms with van der Waals surface area (Å²) >= 11 is 0. The van der Waals surface area contributed by atoms with Crippen LogP contribution in [0.25, 0.3) is 0 Å². The van der Waals surface area contributed by atoms with Crippen molar-refractivity contribution in [3.8, 4) is 5.75 Å². The van der Waals surface area contributed by atoms with Gasteiger partial charge in [-0.05, 0) is 18.1 Å². The molecule has 0 aliphatic heterocycles. The van der Waals surface area contributed by atoms with Crippen molar-refractivity contribution in [3.63, 3.8) is 0 Å². The van der Waals surface area contributed by atoms with Crippen molar-refractivity contribution in [2.24, 2.45) is 5.92 Å². The SMILES string of the molecule is CC(C)CNC(=O)COC(=O)c1ccccc1OC(F)F. The van der Waals surface area contributed by atoms with Crippen LogP contribution in [-0.4, -0.2) is 31.6 Å². The molecule has 0 unspecified atom stereocenters. The molecule has 7 heteroatoms. The predicted molar refractivity (Wildman–Crippen MR) is 71.2 cm³/mol. The fourth-order valence-corrected chi connectivity index (χ4v) is 1.41. The van der Waals surface area contributed by atoms with Gasteiger partial charge in [-0.2, -0.15) is 8.78 Å². The zero-order valence-electron chi connectivity index (χ0n) is 11.8. The van der Waals surface area contributed by atoms with Crippen LogP contribution in [0.5, 0.6) is 5.75 Å². The van der Waals surface area contributed by atoms with Crippen LogP contribution < -0.4 is 10.1 Å². The first-order valence-electron chi connectivity index (χ1n) is 6.37. The Balaban J connectivity index is 2.58. The van der Waals surface area contributed by atoms with Gasteiger partial charge in [-0.25, -0.2) is 4.79 Å². The van der Waals surface area contributed by atoms with Gasteiger partial charge in [0.1, 0.15) is 11.3 Å². The van der Waals surface area contributed by atoms with Crippen LogP contribution in [0.15, 0.2) is 24.3 Å². The van der Waals surface area contributed by atoms with Crippen molar-refractivity contribution in [1.29, 1.82) is 0 Å². The van der Waals surface area contributed by atoms with E-state index in [1.807, 2.05) is 13.8 Å². The molecule has 0 aliphatic rings. The molecule has 1 aromatic carbocycles. The monoisotopic (exact) mass is 301 g/mol. The Labute approximate surface area is 121 Å². The van der Waals surface area contributed by atoms with E-state index in [1.165, 1.54) is 24.3 Å². The Bertz CT molecular complexity index is 492. The average molecular weight is 301 g/mol. The number of halogens is 2. The summed E-state index contributed by atoms with van der Waals surface area (Å²) in [5.41, 5.74) is -0.158. The molecular weight excluding hydrogens is 284 g/mol. The minimum atomic E-state index is -3.05. The lowest BCUT2D eigenvalue weighted by molar-refractivity contribution is -0.124. The van der Waals surface area contributed by atoms with Crippen molar-refractivity contribution in [1.82, 2.24) is 5.32 Å². The van der Waals surface area contributed by atoms with Crippen LogP contribution in [0.2, 0.25) is 0 Å². The minimum absolute atomic E-state index is 0.158. The lowest BCUT2D eigenvalue weighted by atomic mass is 10.2. The number of nitrogens with one attached hydrogen (secondary N) is 1. The van der Waals surface area contributed by atoms with Crippen LogP contribution in [0.3, 0.4) is 0 Å². The number of rotatable bonds is 7. The summed E-state index contributed by atoms with van der Waals surface area (Å²) < 4.78 is 33.4. The first-order chi connectivity index (χ1) is 9.90. The highest BCUT2D eigenvalue weighted by Crippen LogP contribution is 2.20. The van der Waals surface area contributed by atoms with Crippen LogP contribution in [0.4, 0.5) is 8.78 Å². The molecule has 0 heterocycles. The smallest absolute Gasteiger partial charge is 0.387 e. The minimum Gasteiger partial charge on any atom is -0.452 e. The van der Waals surface area contributed by atoms with Gasteiger partial charge in [-0.3, -0.25) is 4.79 Å². The molecule has 0 bridgehead atoms. The first kappa shape index (κ1) is 16.9. The summed E-state index contributed by atoms with van der Waals surface area (Å²) in [4.78, 5) is 23.2. The van der Waals surface area contributed by atoms with Gasteiger partial charge in [0.25, 0.3) is 5.91 Å². The molecule has 1 aromatic rings. The van der Waals surface area contributed by atoms with Gasteiger partial charge in [0, 0.05) is 6.54 Å². The van der Waals surface area contributed by atoms with E-state index in [2.05, 4.69) is 10.1 Å². The number of carbonyl (C=O) groups excluding carboxylic acids is 2. The first-order valence-corrected chi connectivity index (χ1v) is 6.37. The molecule has 21 heavy (non-hydrogen) atoms. The van der Waals surface area contributed by atoms with E-state index < -0.39 is 25.1 Å². The Morgan fingerprint density at radius 2 is 1.90 bits per heavy atom. The third-order valence-electron chi connectivity index (χ3n) is 2.36. The van der Waals surface area contributed by atoms with Gasteiger partial charge in [0.2, 0.25) is 0 Å². The second kappa shape index (κ2) is 8.18. The van der Waals surface area contributed by atoms with Gasteiger partial charge in [0.15, 0.2) is 6.61 Å². The van der Waals surface area contributed by atoms with Gasteiger partial charge in [-0.1, -0.05) is 26.0 Å². The molecule has 1 N–H and O–H groups in total. The molecule has 0 fully saturated rings. The molecule has 0 aliphatic carbocycles. The molecular formula is C14H17F2NO4. The van der Waals surface area contributed by atoms with Crippen LogP contribution >= 0.6 is 0 Å². The van der Waals surface area contributed by atoms with E-state index >= 15 is 0 Å². The molecule has 0 saturated carbocycles. The molecule has 0 aromatic heterocycles. The molecule has 0 radical (unpaired) electrons. The van der Waals surface area contributed by atoms with Gasteiger partial charge in [0.05, 0.1) is 0 Å². The third kappa shape index (κ3) is 6.20. The Hall–Kier alpha value is -2.18. The lowest BCUT2D eigenvalue weighted by Gasteiger charge is -2.11. The molecule has 0 saturated heterocycles. The highest BCUT2D eigenvalue weighted by Gasteiger charge is 2.17. The second-order valence-electron chi connectivity index (χ2n) is 4.65. The number of esters is 1. The number of amides is 1. The zero-order chi connectivity index (χ0) is 15.8. The van der Waals surface area contributed by atoms with Crippen molar-refractivity contribution in [3.05, 3.63) is 29.8 Å². The van der Waals surface area contributed by atoms with E-state index in [1.54, 1.807) is 0 Å². The van der Waals surface area contributed by atoms with Gasteiger partial charge in [-0.15, -0.1) is 0 Å². The fourth-order valence-electron chi connectivity index (χ4n) is 1.41. The van der Waals surface area contributed by atoms with Crippen molar-refractivity contribution in [2.45, 2.75) is 20.5 Å². The largest absolute Gasteiger partial charge is 0.452 e. The number of ether oxygens (including phenoxy) is 2. The summed E-state index contributed by atoms with van der Waals surface area (Å²) in [6.07, 6.45) is 0. The molecule has 0 atom stereocenters. The lowest BCUT2D eigenvalue weighted by Crippen LogP contribution is -2.31. The van der Waals surface area contributed by atoms with Gasteiger partial charge >= 0.3 is 12.6 Å². The molecule has 1 amide bonds. The molecule has 116 valence electrons. The van der Waals surface area contributed by atoms with Crippen molar-refractivity contribution >= 4 is 11.9 Å². The summed E-state index contributed by atoms with van der Waals surface area (Å²) in [6, 6.07) is 5.44. The summed E-state index contributed by atoms with van der Waals surface area (Å²) in [5.74, 6) is -1.37. The van der Waals surface area contributed by atoms with Crippen molar-refractivity contribution < 1.29 is 27.8 Å². The molecule has 1 rings (SSSR count). The molecule has 0 spiro atoms. The Morgan fingerprint density at radius 3 is 2.52 bits per heavy atom. The number of alkyl halides is 2. The van der Waals surface area contributed by atoms with Crippen LogP contribution in [0, 0.1) is 5.92 Å². The number of carbonyl (C=O) groups is 2. The summed E-state index contributed by atoms with van der Waals surface area (Å²) in [6.45, 7) is 0.776. The van der Waals surface area contributed by atoms with E-state index in [9.17, 15) is 18.4 Å². The zero-order valence-corrected chi connectivity index (χ0v) is 11.8. The Morgan fingerprint density at radius 1 is 1.24 bits per heavy atom. The quantitative estimate of drug-likeness (QED) is 0.784.